The molecule has 1 aromatic carbocycles. The van der Waals surface area contributed by atoms with Gasteiger partial charge in [0.2, 0.25) is 0 Å². The van der Waals surface area contributed by atoms with Gasteiger partial charge < -0.3 is 4.57 Å². The molecule has 19 heavy (non-hydrogen) atoms. The molecule has 3 rings (SSSR count). The molecule has 2 aromatic heterocycles. The Hall–Kier alpha value is -1.53. The summed E-state index contributed by atoms with van der Waals surface area (Å²) in [6.45, 7) is 0.402. The van der Waals surface area contributed by atoms with E-state index in [1.807, 2.05) is 5.38 Å². The second-order valence-corrected chi connectivity index (χ2v) is 5.18. The molecule has 0 amide bonds. The van der Waals surface area contributed by atoms with Gasteiger partial charge in [0, 0.05) is 17.6 Å². The van der Waals surface area contributed by atoms with E-state index >= 15 is 0 Å². The standard InChI is InChI=1S/C12H8ClF2N3S/c13-5-10-17-12-8(15)3-7(14)4-9(12)18(10)6-11-16-1-2-19-11/h1-4H,5-6H2. The van der Waals surface area contributed by atoms with E-state index in [0.717, 1.165) is 11.1 Å². The normalized spacial score (nSPS) is 11.3. The Balaban J connectivity index is 2.20. The first-order chi connectivity index (χ1) is 9.19. The van der Waals surface area contributed by atoms with Crippen LogP contribution in [-0.4, -0.2) is 14.5 Å². The molecule has 0 bridgehead atoms. The Morgan fingerprint density at radius 2 is 2.16 bits per heavy atom. The van der Waals surface area contributed by atoms with Crippen molar-refractivity contribution in [1.29, 1.82) is 0 Å². The van der Waals surface area contributed by atoms with Crippen LogP contribution in [0.5, 0.6) is 0 Å². The molecule has 0 aliphatic rings. The van der Waals surface area contributed by atoms with Crippen LogP contribution in [0, 0.1) is 11.6 Å². The third kappa shape index (κ3) is 2.21. The number of benzene rings is 1. The van der Waals surface area contributed by atoms with Crippen LogP contribution in [0.4, 0.5) is 8.78 Å². The molecule has 0 aliphatic carbocycles. The highest BCUT2D eigenvalue weighted by Crippen LogP contribution is 2.23. The second-order valence-electron chi connectivity index (χ2n) is 3.93. The van der Waals surface area contributed by atoms with Crippen LogP contribution < -0.4 is 0 Å². The van der Waals surface area contributed by atoms with Crippen LogP contribution >= 0.6 is 22.9 Å². The Morgan fingerprint density at radius 1 is 1.32 bits per heavy atom. The van der Waals surface area contributed by atoms with Crippen molar-refractivity contribution in [3.8, 4) is 0 Å². The zero-order valence-electron chi connectivity index (χ0n) is 9.61. The van der Waals surface area contributed by atoms with Crippen LogP contribution in [0.25, 0.3) is 11.0 Å². The van der Waals surface area contributed by atoms with Crippen molar-refractivity contribution >= 4 is 34.0 Å². The summed E-state index contributed by atoms with van der Waals surface area (Å²) >= 11 is 7.29. The second kappa shape index (κ2) is 4.86. The maximum absolute atomic E-state index is 13.7. The molecule has 7 heteroatoms. The van der Waals surface area contributed by atoms with E-state index in [4.69, 9.17) is 11.6 Å². The number of thiazole rings is 1. The fraction of sp³-hybridized carbons (Fsp3) is 0.167. The minimum absolute atomic E-state index is 0.126. The minimum Gasteiger partial charge on any atom is -0.320 e. The lowest BCUT2D eigenvalue weighted by Crippen LogP contribution is -2.03. The third-order valence-corrected chi connectivity index (χ3v) is 3.75. The summed E-state index contributed by atoms with van der Waals surface area (Å²) in [5.41, 5.74) is 0.525. The lowest BCUT2D eigenvalue weighted by atomic mass is 10.3. The summed E-state index contributed by atoms with van der Waals surface area (Å²) in [7, 11) is 0. The summed E-state index contributed by atoms with van der Waals surface area (Å²) in [5.74, 6) is -0.691. The van der Waals surface area contributed by atoms with Gasteiger partial charge in [0.25, 0.3) is 0 Å². The van der Waals surface area contributed by atoms with E-state index in [1.54, 1.807) is 10.8 Å². The van der Waals surface area contributed by atoms with Crippen molar-refractivity contribution in [3.63, 3.8) is 0 Å². The molecular formula is C12H8ClF2N3S. The topological polar surface area (TPSA) is 30.7 Å². The largest absolute Gasteiger partial charge is 0.320 e. The molecule has 3 aromatic rings. The number of fused-ring (bicyclic) bond motifs is 1. The van der Waals surface area contributed by atoms with Gasteiger partial charge in [-0.1, -0.05) is 0 Å². The summed E-state index contributed by atoms with van der Waals surface area (Å²) in [6.07, 6.45) is 1.68. The number of aromatic nitrogens is 3. The van der Waals surface area contributed by atoms with Crippen molar-refractivity contribution in [3.05, 3.63) is 46.2 Å². The van der Waals surface area contributed by atoms with Crippen molar-refractivity contribution in [1.82, 2.24) is 14.5 Å². The Kier molecular flexibility index (Phi) is 3.20. The summed E-state index contributed by atoms with van der Waals surface area (Å²) in [4.78, 5) is 8.28. The van der Waals surface area contributed by atoms with E-state index in [-0.39, 0.29) is 11.4 Å². The van der Waals surface area contributed by atoms with Gasteiger partial charge in [-0.05, 0) is 6.07 Å². The van der Waals surface area contributed by atoms with Crippen molar-refractivity contribution in [2.45, 2.75) is 12.4 Å². The predicted molar refractivity (Wildman–Crippen MR) is 70.4 cm³/mol. The lowest BCUT2D eigenvalue weighted by Gasteiger charge is -2.05. The molecule has 0 fully saturated rings. The van der Waals surface area contributed by atoms with Crippen LogP contribution in [0.3, 0.4) is 0 Å². The molecule has 3 nitrogen and oxygen atoms in total. The van der Waals surface area contributed by atoms with Gasteiger partial charge in [0.15, 0.2) is 5.82 Å². The van der Waals surface area contributed by atoms with Gasteiger partial charge in [-0.3, -0.25) is 0 Å². The first-order valence-electron chi connectivity index (χ1n) is 5.47. The molecule has 0 radical (unpaired) electrons. The van der Waals surface area contributed by atoms with Gasteiger partial charge in [0.05, 0.1) is 17.9 Å². The fourth-order valence-corrected chi connectivity index (χ4v) is 2.75. The van der Waals surface area contributed by atoms with E-state index in [2.05, 4.69) is 9.97 Å². The van der Waals surface area contributed by atoms with Gasteiger partial charge in [-0.25, -0.2) is 18.7 Å². The van der Waals surface area contributed by atoms with E-state index < -0.39 is 11.6 Å². The minimum atomic E-state index is -0.681. The number of imidazole rings is 1. The smallest absolute Gasteiger partial charge is 0.153 e. The first-order valence-corrected chi connectivity index (χ1v) is 6.89. The van der Waals surface area contributed by atoms with Crippen LogP contribution in [0.1, 0.15) is 10.8 Å². The Morgan fingerprint density at radius 3 is 2.84 bits per heavy atom. The Labute approximate surface area is 116 Å². The zero-order valence-corrected chi connectivity index (χ0v) is 11.2. The Bertz CT molecular complexity index is 724. The average molecular weight is 300 g/mol. The molecule has 0 spiro atoms. The molecule has 0 atom stereocenters. The molecular weight excluding hydrogens is 292 g/mol. The van der Waals surface area contributed by atoms with E-state index in [1.165, 1.54) is 17.4 Å². The first kappa shape index (κ1) is 12.5. The monoisotopic (exact) mass is 299 g/mol. The maximum Gasteiger partial charge on any atom is 0.153 e. The molecule has 0 N–H and O–H groups in total. The number of rotatable bonds is 3. The highest BCUT2D eigenvalue weighted by Gasteiger charge is 2.15. The third-order valence-electron chi connectivity index (χ3n) is 2.75. The van der Waals surface area contributed by atoms with Gasteiger partial charge in [-0.2, -0.15) is 0 Å². The van der Waals surface area contributed by atoms with Crippen molar-refractivity contribution in [2.75, 3.05) is 0 Å². The molecule has 2 heterocycles. The zero-order chi connectivity index (χ0) is 13.4. The summed E-state index contributed by atoms with van der Waals surface area (Å²) < 4.78 is 28.7. The van der Waals surface area contributed by atoms with Gasteiger partial charge >= 0.3 is 0 Å². The number of halogens is 3. The molecule has 0 unspecified atom stereocenters. The lowest BCUT2D eigenvalue weighted by molar-refractivity contribution is 0.590. The highest BCUT2D eigenvalue weighted by molar-refractivity contribution is 7.09. The van der Waals surface area contributed by atoms with E-state index in [9.17, 15) is 8.78 Å². The maximum atomic E-state index is 13.7. The van der Waals surface area contributed by atoms with Crippen LogP contribution in [-0.2, 0) is 12.4 Å². The van der Waals surface area contributed by atoms with Crippen molar-refractivity contribution < 1.29 is 8.78 Å². The fourth-order valence-electron chi connectivity index (χ4n) is 1.94. The highest BCUT2D eigenvalue weighted by atomic mass is 35.5. The van der Waals surface area contributed by atoms with Gasteiger partial charge in [0.1, 0.15) is 22.2 Å². The molecule has 0 aliphatic heterocycles. The molecule has 0 saturated heterocycles. The molecule has 98 valence electrons. The number of nitrogens with zero attached hydrogens (tertiary/aromatic N) is 3. The van der Waals surface area contributed by atoms with Crippen molar-refractivity contribution in [2.24, 2.45) is 0 Å². The number of alkyl halides is 1. The number of hydrogen-bond acceptors (Lipinski definition) is 3. The van der Waals surface area contributed by atoms with Crippen LogP contribution in [0.15, 0.2) is 23.7 Å². The van der Waals surface area contributed by atoms with E-state index in [0.29, 0.717) is 17.9 Å². The molecule has 0 saturated carbocycles. The quantitative estimate of drug-likeness (QED) is 0.692. The summed E-state index contributed by atoms with van der Waals surface area (Å²) in [5, 5.41) is 2.67. The summed E-state index contributed by atoms with van der Waals surface area (Å²) in [6, 6.07) is 2.08. The average Bonchev–Trinajstić information content (AvgIpc) is 2.99. The van der Waals surface area contributed by atoms with Gasteiger partial charge in [-0.15, -0.1) is 22.9 Å². The number of hydrogen-bond donors (Lipinski definition) is 0. The predicted octanol–water partition coefficient (Wildman–Crippen LogP) is 3.56. The SMILES string of the molecule is Fc1cc(F)c2nc(CCl)n(Cc3nccs3)c2c1. The van der Waals surface area contributed by atoms with Crippen LogP contribution in [0.2, 0.25) is 0 Å².